The van der Waals surface area contributed by atoms with E-state index in [0.717, 1.165) is 0 Å². The lowest BCUT2D eigenvalue weighted by Crippen LogP contribution is -3.00. The maximum absolute atomic E-state index is 2.53. The number of hydrogen-bond acceptors (Lipinski definition) is 0. The maximum atomic E-state index is 2.53. The fourth-order valence-corrected chi connectivity index (χ4v) is 6.35. The summed E-state index contributed by atoms with van der Waals surface area (Å²) >= 11 is 0. The third-order valence-electron chi connectivity index (χ3n) is 9.22. The van der Waals surface area contributed by atoms with E-state index >= 15 is 0 Å². The van der Waals surface area contributed by atoms with Crippen LogP contribution in [-0.2, 0) is 0 Å². The molecule has 1 rings (SSSR count). The summed E-state index contributed by atoms with van der Waals surface area (Å²) in [6.07, 6.45) is 48.0. The largest absolute Gasteiger partial charge is 1.00 e. The molecule has 242 valence electrons. The van der Waals surface area contributed by atoms with Crippen LogP contribution in [0.15, 0.2) is 24.5 Å². The van der Waals surface area contributed by atoms with E-state index in [1.165, 1.54) is 198 Å². The summed E-state index contributed by atoms with van der Waals surface area (Å²) in [6.45, 7) is 6.83. The summed E-state index contributed by atoms with van der Waals surface area (Å²) < 4.78 is 2.53. The van der Waals surface area contributed by atoms with Crippen LogP contribution in [0.3, 0.4) is 0 Å². The lowest BCUT2D eigenvalue weighted by molar-refractivity contribution is -0.724. The van der Waals surface area contributed by atoms with Crippen LogP contribution in [0.2, 0.25) is 0 Å². The van der Waals surface area contributed by atoms with Gasteiger partial charge in [-0.1, -0.05) is 181 Å². The lowest BCUT2D eigenvalue weighted by atomic mass is 9.99. The normalized spacial score (nSPS) is 11.3. The first-order chi connectivity index (χ1) is 19.8. The molecule has 0 aromatic carbocycles. The van der Waals surface area contributed by atoms with Gasteiger partial charge in [-0.2, -0.15) is 0 Å². The van der Waals surface area contributed by atoms with E-state index in [1.807, 2.05) is 0 Å². The van der Waals surface area contributed by atoms with Crippen LogP contribution >= 0.6 is 0 Å². The topological polar surface area (TPSA) is 3.88 Å². The zero-order valence-corrected chi connectivity index (χ0v) is 29.2. The van der Waals surface area contributed by atoms with Crippen LogP contribution in [0.1, 0.15) is 218 Å². The van der Waals surface area contributed by atoms with Gasteiger partial charge in [-0.3, -0.25) is 0 Å². The quantitative estimate of drug-likeness (QED) is 0.0597. The Morgan fingerprint density at radius 3 is 0.927 bits per heavy atom. The van der Waals surface area contributed by atoms with Crippen molar-refractivity contribution in [1.82, 2.24) is 0 Å². The minimum atomic E-state index is 0. The molecule has 0 saturated carbocycles. The lowest BCUT2D eigenvalue weighted by Gasteiger charge is -2.13. The van der Waals surface area contributed by atoms with E-state index in [0.29, 0.717) is 6.04 Å². The molecule has 0 N–H and O–H groups in total. The van der Waals surface area contributed by atoms with Crippen molar-refractivity contribution in [3.8, 4) is 0 Å². The number of aromatic nitrogens is 1. The van der Waals surface area contributed by atoms with Gasteiger partial charge in [0.05, 0.1) is 0 Å². The monoisotopic (exact) mass is 592 g/mol. The highest BCUT2D eigenvalue weighted by atomic mass is 35.5. The molecule has 0 atom stereocenters. The number of pyridine rings is 1. The van der Waals surface area contributed by atoms with Crippen molar-refractivity contribution in [3.05, 3.63) is 30.1 Å². The van der Waals surface area contributed by atoms with Crippen molar-refractivity contribution in [2.24, 2.45) is 0 Å². The van der Waals surface area contributed by atoms with E-state index in [2.05, 4.69) is 49.9 Å². The van der Waals surface area contributed by atoms with Gasteiger partial charge in [0, 0.05) is 25.0 Å². The molecule has 0 aliphatic heterocycles. The Balaban J connectivity index is 0.0000160. The summed E-state index contributed by atoms with van der Waals surface area (Å²) in [6, 6.07) is 5.29. The molecule has 1 aromatic heterocycles. The van der Waals surface area contributed by atoms with E-state index in [1.54, 1.807) is 0 Å². The molecule has 0 aliphatic rings. The molecular weight excluding hydrogens is 518 g/mol. The third-order valence-corrected chi connectivity index (χ3v) is 9.22. The second-order valence-electron chi connectivity index (χ2n) is 13.2. The molecule has 1 aromatic rings. The van der Waals surface area contributed by atoms with Crippen molar-refractivity contribution < 1.29 is 17.0 Å². The summed E-state index contributed by atoms with van der Waals surface area (Å²) in [7, 11) is 0. The zero-order chi connectivity index (χ0) is 28.8. The van der Waals surface area contributed by atoms with Crippen molar-refractivity contribution in [2.75, 3.05) is 0 Å². The molecule has 0 saturated heterocycles. The number of hydrogen-bond donors (Lipinski definition) is 0. The van der Waals surface area contributed by atoms with Crippen molar-refractivity contribution >= 4 is 0 Å². The predicted molar refractivity (Wildman–Crippen MR) is 180 cm³/mol. The van der Waals surface area contributed by atoms with Crippen LogP contribution in [-0.4, -0.2) is 0 Å². The second kappa shape index (κ2) is 32.4. The fraction of sp³-hybridized carbons (Fsp3) is 0.872. The molecule has 1 nitrogen and oxygen atoms in total. The minimum absolute atomic E-state index is 0. The van der Waals surface area contributed by atoms with Gasteiger partial charge in [-0.25, -0.2) is 4.57 Å². The number of nitrogens with zero attached hydrogens (tertiary/aromatic N) is 1. The molecule has 0 radical (unpaired) electrons. The maximum Gasteiger partial charge on any atom is 0.169 e. The second-order valence-corrected chi connectivity index (χ2v) is 13.2. The van der Waals surface area contributed by atoms with Crippen molar-refractivity contribution in [1.29, 1.82) is 0 Å². The number of unbranched alkanes of at least 4 members (excludes halogenated alkanes) is 26. The summed E-state index contributed by atoms with van der Waals surface area (Å²) in [5, 5.41) is 0. The van der Waals surface area contributed by atoms with Crippen LogP contribution < -0.4 is 17.0 Å². The average Bonchev–Trinajstić information content (AvgIpc) is 2.97. The Morgan fingerprint density at radius 1 is 0.415 bits per heavy atom. The first kappa shape index (κ1) is 40.4. The van der Waals surface area contributed by atoms with Gasteiger partial charge in [0.15, 0.2) is 18.4 Å². The number of halogens is 1. The van der Waals surface area contributed by atoms with Crippen LogP contribution in [0, 0.1) is 6.92 Å². The Labute approximate surface area is 265 Å². The first-order valence-electron chi connectivity index (χ1n) is 18.7. The van der Waals surface area contributed by atoms with Gasteiger partial charge in [-0.15, -0.1) is 0 Å². The third kappa shape index (κ3) is 26.8. The smallest absolute Gasteiger partial charge is 0.169 e. The van der Waals surface area contributed by atoms with Gasteiger partial charge < -0.3 is 12.4 Å². The zero-order valence-electron chi connectivity index (χ0n) is 28.4. The van der Waals surface area contributed by atoms with Gasteiger partial charge in [0.2, 0.25) is 0 Å². The van der Waals surface area contributed by atoms with Crippen molar-refractivity contribution in [3.63, 3.8) is 0 Å². The molecule has 0 amide bonds. The van der Waals surface area contributed by atoms with Gasteiger partial charge in [0.25, 0.3) is 0 Å². The van der Waals surface area contributed by atoms with Crippen molar-refractivity contribution in [2.45, 2.75) is 219 Å². The van der Waals surface area contributed by atoms with E-state index < -0.39 is 0 Å². The molecule has 0 spiro atoms. The summed E-state index contributed by atoms with van der Waals surface area (Å²) in [5.74, 6) is 0. The summed E-state index contributed by atoms with van der Waals surface area (Å²) in [5.41, 5.74) is 1.38. The molecule has 0 bridgehead atoms. The van der Waals surface area contributed by atoms with Gasteiger partial charge >= 0.3 is 0 Å². The molecular formula is C39H74ClN. The Bertz CT molecular complexity index is 580. The van der Waals surface area contributed by atoms with E-state index in [9.17, 15) is 0 Å². The molecule has 1 heterocycles. The van der Waals surface area contributed by atoms with E-state index in [4.69, 9.17) is 0 Å². The molecule has 41 heavy (non-hydrogen) atoms. The molecule has 2 heteroatoms. The standard InChI is InChI=1S/C39H74N.ClH/c1-4-6-8-10-12-14-16-18-20-22-24-26-28-30-32-39(40-36-34-38(3)35-37-40)33-31-29-27-25-23-21-19-17-15-13-11-9-7-5-2;/h34-37,39H,4-33H2,1-3H3;1H/q+1;/p-1. The van der Waals surface area contributed by atoms with Gasteiger partial charge in [0.1, 0.15) is 0 Å². The average molecular weight is 592 g/mol. The summed E-state index contributed by atoms with van der Waals surface area (Å²) in [4.78, 5) is 0. The Kier molecular flexibility index (Phi) is 31.9. The van der Waals surface area contributed by atoms with Crippen LogP contribution in [0.5, 0.6) is 0 Å². The predicted octanol–water partition coefficient (Wildman–Crippen LogP) is 10.6. The van der Waals surface area contributed by atoms with E-state index in [-0.39, 0.29) is 12.4 Å². The SMILES string of the molecule is CCCCCCCCCCCCCCCCC(CCCCCCCCCCCCCCCC)[n+]1ccc(C)cc1.[Cl-]. The first-order valence-corrected chi connectivity index (χ1v) is 18.7. The highest BCUT2D eigenvalue weighted by molar-refractivity contribution is 5.03. The van der Waals surface area contributed by atoms with Crippen LogP contribution in [0.4, 0.5) is 0 Å². The van der Waals surface area contributed by atoms with Gasteiger partial charge in [-0.05, 0) is 25.3 Å². The minimum Gasteiger partial charge on any atom is -1.00 e. The van der Waals surface area contributed by atoms with Crippen LogP contribution in [0.25, 0.3) is 0 Å². The fourth-order valence-electron chi connectivity index (χ4n) is 6.35. The number of rotatable bonds is 31. The highest BCUT2D eigenvalue weighted by Crippen LogP contribution is 2.20. The highest BCUT2D eigenvalue weighted by Gasteiger charge is 2.17. The Hall–Kier alpha value is -0.560. The molecule has 0 aliphatic carbocycles. The number of aryl methyl sites for hydroxylation is 1. The molecule has 0 fully saturated rings. The Morgan fingerprint density at radius 2 is 0.659 bits per heavy atom. The molecule has 0 unspecified atom stereocenters.